The van der Waals surface area contributed by atoms with Gasteiger partial charge >= 0.3 is 0 Å². The maximum Gasteiger partial charge on any atom is 0.137 e. The van der Waals surface area contributed by atoms with Crippen molar-refractivity contribution in [1.82, 2.24) is 0 Å². The van der Waals surface area contributed by atoms with Gasteiger partial charge in [0.15, 0.2) is 0 Å². The molecular formula is C12H19ClN2O. The summed E-state index contributed by atoms with van der Waals surface area (Å²) >= 11 is 6.08. The van der Waals surface area contributed by atoms with Crippen LogP contribution in [-0.2, 0) is 0 Å². The van der Waals surface area contributed by atoms with Gasteiger partial charge in [0.1, 0.15) is 5.75 Å². The van der Waals surface area contributed by atoms with E-state index in [1.54, 1.807) is 7.11 Å². The zero-order valence-corrected chi connectivity index (χ0v) is 10.5. The molecule has 1 aromatic rings. The van der Waals surface area contributed by atoms with Gasteiger partial charge in [-0.05, 0) is 42.6 Å². The van der Waals surface area contributed by atoms with Crippen LogP contribution in [0.3, 0.4) is 0 Å². The van der Waals surface area contributed by atoms with E-state index in [0.29, 0.717) is 29.8 Å². The maximum absolute atomic E-state index is 6.08. The van der Waals surface area contributed by atoms with Gasteiger partial charge < -0.3 is 16.2 Å². The molecule has 4 N–H and O–H groups in total. The summed E-state index contributed by atoms with van der Waals surface area (Å²) in [4.78, 5) is 0. The molecule has 0 spiro atoms. The first kappa shape index (κ1) is 13.3. The first-order chi connectivity index (χ1) is 7.63. The Morgan fingerprint density at radius 3 is 2.38 bits per heavy atom. The van der Waals surface area contributed by atoms with Crippen LogP contribution in [0.4, 0.5) is 0 Å². The van der Waals surface area contributed by atoms with Crippen LogP contribution in [0.15, 0.2) is 18.2 Å². The van der Waals surface area contributed by atoms with Crippen molar-refractivity contribution in [2.75, 3.05) is 20.2 Å². The van der Waals surface area contributed by atoms with Crippen molar-refractivity contribution in [3.05, 3.63) is 28.8 Å². The highest BCUT2D eigenvalue weighted by molar-refractivity contribution is 6.32. The van der Waals surface area contributed by atoms with Crippen LogP contribution in [-0.4, -0.2) is 20.2 Å². The van der Waals surface area contributed by atoms with Crippen molar-refractivity contribution >= 4 is 11.6 Å². The lowest BCUT2D eigenvalue weighted by Gasteiger charge is -2.21. The molecule has 0 fully saturated rings. The first-order valence-corrected chi connectivity index (χ1v) is 5.75. The molecule has 1 rings (SSSR count). The molecule has 0 aliphatic heterocycles. The maximum atomic E-state index is 6.08. The standard InChI is InChI=1S/C12H19ClN2O/c1-8(10(6-14)7-15)9-3-4-12(16-2)11(13)5-9/h3-5,8,10H,6-7,14-15H2,1-2H3. The Morgan fingerprint density at radius 2 is 1.94 bits per heavy atom. The van der Waals surface area contributed by atoms with Gasteiger partial charge in [-0.25, -0.2) is 0 Å². The van der Waals surface area contributed by atoms with Crippen molar-refractivity contribution in [2.24, 2.45) is 17.4 Å². The minimum atomic E-state index is 0.282. The van der Waals surface area contributed by atoms with Gasteiger partial charge in [0.25, 0.3) is 0 Å². The van der Waals surface area contributed by atoms with Crippen molar-refractivity contribution in [3.63, 3.8) is 0 Å². The Bertz CT molecular complexity index is 340. The number of hydrogen-bond acceptors (Lipinski definition) is 3. The zero-order valence-electron chi connectivity index (χ0n) is 9.74. The molecule has 0 aliphatic rings. The molecule has 3 nitrogen and oxygen atoms in total. The molecular weight excluding hydrogens is 224 g/mol. The summed E-state index contributed by atoms with van der Waals surface area (Å²) in [5.74, 6) is 1.28. The normalized spacial score (nSPS) is 12.9. The lowest BCUT2D eigenvalue weighted by atomic mass is 9.87. The summed E-state index contributed by atoms with van der Waals surface area (Å²) in [5.41, 5.74) is 12.5. The van der Waals surface area contributed by atoms with Gasteiger partial charge in [0.05, 0.1) is 12.1 Å². The number of rotatable bonds is 5. The quantitative estimate of drug-likeness (QED) is 0.830. The van der Waals surface area contributed by atoms with Crippen LogP contribution in [0.5, 0.6) is 5.75 Å². The Hall–Kier alpha value is -0.770. The van der Waals surface area contributed by atoms with E-state index < -0.39 is 0 Å². The lowest BCUT2D eigenvalue weighted by molar-refractivity contribution is 0.414. The van der Waals surface area contributed by atoms with Crippen LogP contribution in [0.1, 0.15) is 18.4 Å². The summed E-state index contributed by atoms with van der Waals surface area (Å²) in [5, 5.41) is 0.625. The van der Waals surface area contributed by atoms with E-state index in [0.717, 1.165) is 5.56 Å². The van der Waals surface area contributed by atoms with Crippen LogP contribution >= 0.6 is 11.6 Å². The van der Waals surface area contributed by atoms with Crippen LogP contribution in [0.25, 0.3) is 0 Å². The minimum absolute atomic E-state index is 0.282. The number of nitrogens with two attached hydrogens (primary N) is 2. The van der Waals surface area contributed by atoms with E-state index in [2.05, 4.69) is 6.92 Å². The molecule has 0 bridgehead atoms. The molecule has 0 amide bonds. The molecule has 0 aliphatic carbocycles. The van der Waals surface area contributed by atoms with Gasteiger partial charge in [-0.15, -0.1) is 0 Å². The number of ether oxygens (including phenoxy) is 1. The molecule has 0 heterocycles. The predicted octanol–water partition coefficient (Wildman–Crippen LogP) is 1.99. The van der Waals surface area contributed by atoms with Gasteiger partial charge in [-0.1, -0.05) is 24.6 Å². The largest absolute Gasteiger partial charge is 0.495 e. The van der Waals surface area contributed by atoms with Crippen molar-refractivity contribution in [1.29, 1.82) is 0 Å². The first-order valence-electron chi connectivity index (χ1n) is 5.37. The third kappa shape index (κ3) is 2.88. The molecule has 1 atom stereocenters. The van der Waals surface area contributed by atoms with Gasteiger partial charge in [0, 0.05) is 0 Å². The Morgan fingerprint density at radius 1 is 1.31 bits per heavy atom. The average Bonchev–Trinajstić information content (AvgIpc) is 2.30. The molecule has 1 aromatic carbocycles. The highest BCUT2D eigenvalue weighted by atomic mass is 35.5. The van der Waals surface area contributed by atoms with Crippen LogP contribution < -0.4 is 16.2 Å². The zero-order chi connectivity index (χ0) is 12.1. The fourth-order valence-corrected chi connectivity index (χ4v) is 2.01. The fraction of sp³-hybridized carbons (Fsp3) is 0.500. The van der Waals surface area contributed by atoms with Crippen LogP contribution in [0, 0.1) is 5.92 Å². The average molecular weight is 243 g/mol. The lowest BCUT2D eigenvalue weighted by Crippen LogP contribution is -2.27. The van der Waals surface area contributed by atoms with Crippen LogP contribution in [0.2, 0.25) is 5.02 Å². The number of methoxy groups -OCH3 is 1. The summed E-state index contributed by atoms with van der Waals surface area (Å²) in [6.07, 6.45) is 0. The topological polar surface area (TPSA) is 61.3 Å². The second-order valence-corrected chi connectivity index (χ2v) is 4.32. The Balaban J connectivity index is 2.91. The van der Waals surface area contributed by atoms with E-state index in [1.165, 1.54) is 0 Å². The molecule has 4 heteroatoms. The van der Waals surface area contributed by atoms with Gasteiger partial charge in [-0.2, -0.15) is 0 Å². The minimum Gasteiger partial charge on any atom is -0.495 e. The molecule has 0 saturated carbocycles. The van der Waals surface area contributed by atoms with E-state index in [1.807, 2.05) is 18.2 Å². The van der Waals surface area contributed by atoms with Crippen molar-refractivity contribution < 1.29 is 4.74 Å². The van der Waals surface area contributed by atoms with E-state index in [9.17, 15) is 0 Å². The second kappa shape index (κ2) is 6.09. The van der Waals surface area contributed by atoms with E-state index in [-0.39, 0.29) is 5.92 Å². The smallest absolute Gasteiger partial charge is 0.137 e. The number of hydrogen-bond donors (Lipinski definition) is 2. The van der Waals surface area contributed by atoms with Crippen molar-refractivity contribution in [3.8, 4) is 5.75 Å². The van der Waals surface area contributed by atoms with Gasteiger partial charge in [-0.3, -0.25) is 0 Å². The Kier molecular flexibility index (Phi) is 5.06. The molecule has 16 heavy (non-hydrogen) atoms. The molecule has 90 valence electrons. The second-order valence-electron chi connectivity index (χ2n) is 3.91. The summed E-state index contributed by atoms with van der Waals surface area (Å²) in [6.45, 7) is 3.28. The molecule has 0 radical (unpaired) electrons. The van der Waals surface area contributed by atoms with E-state index >= 15 is 0 Å². The summed E-state index contributed by atoms with van der Waals surface area (Å²) in [7, 11) is 1.60. The number of benzene rings is 1. The monoisotopic (exact) mass is 242 g/mol. The summed E-state index contributed by atoms with van der Waals surface area (Å²) < 4.78 is 5.11. The highest BCUT2D eigenvalue weighted by Crippen LogP contribution is 2.30. The third-order valence-corrected chi connectivity index (χ3v) is 3.31. The molecule has 1 unspecified atom stereocenters. The Labute approximate surface area is 102 Å². The molecule has 0 aromatic heterocycles. The number of halogens is 1. The molecule has 0 saturated heterocycles. The fourth-order valence-electron chi connectivity index (χ4n) is 1.74. The SMILES string of the molecule is COc1ccc(C(C)C(CN)CN)cc1Cl. The predicted molar refractivity (Wildman–Crippen MR) is 68.0 cm³/mol. The highest BCUT2D eigenvalue weighted by Gasteiger charge is 2.17. The van der Waals surface area contributed by atoms with E-state index in [4.69, 9.17) is 27.8 Å². The third-order valence-electron chi connectivity index (χ3n) is 3.01. The van der Waals surface area contributed by atoms with Crippen molar-refractivity contribution in [2.45, 2.75) is 12.8 Å². The summed E-state index contributed by atoms with van der Waals surface area (Å²) in [6, 6.07) is 5.80. The van der Waals surface area contributed by atoms with Gasteiger partial charge in [0.2, 0.25) is 0 Å².